The minimum atomic E-state index is -0.450. The highest BCUT2D eigenvalue weighted by atomic mass is 16.6. The highest BCUT2D eigenvalue weighted by molar-refractivity contribution is 5.30. The molecule has 0 saturated heterocycles. The van der Waals surface area contributed by atoms with Gasteiger partial charge < -0.3 is 14.3 Å². The molecule has 2 atom stereocenters. The molecule has 0 bridgehead atoms. The molecule has 0 aliphatic heterocycles. The summed E-state index contributed by atoms with van der Waals surface area (Å²) >= 11 is 0. The quantitative estimate of drug-likeness (QED) is 0.432. The third-order valence-corrected chi connectivity index (χ3v) is 5.21. The van der Waals surface area contributed by atoms with Crippen LogP contribution in [0.1, 0.15) is 57.9 Å². The third-order valence-electron chi connectivity index (χ3n) is 5.21. The molecule has 1 aromatic rings. The Morgan fingerprint density at radius 2 is 1.86 bits per heavy atom. The van der Waals surface area contributed by atoms with E-state index < -0.39 is 6.10 Å². The van der Waals surface area contributed by atoms with Crippen molar-refractivity contribution in [2.45, 2.75) is 67.4 Å². The van der Waals surface area contributed by atoms with Gasteiger partial charge in [-0.15, -0.1) is 0 Å². The largest absolute Gasteiger partial charge is 0.468 e. The lowest BCUT2D eigenvalue weighted by molar-refractivity contribution is 0.173. The van der Waals surface area contributed by atoms with E-state index in [1.807, 2.05) is 33.8 Å². The van der Waals surface area contributed by atoms with Crippen molar-refractivity contribution in [2.24, 2.45) is 5.92 Å². The first kappa shape index (κ1) is 24.7. The van der Waals surface area contributed by atoms with Crippen molar-refractivity contribution in [1.29, 1.82) is 0 Å². The van der Waals surface area contributed by atoms with Crippen LogP contribution in [0.15, 0.2) is 56.3 Å². The smallest absolute Gasteiger partial charge is 0.291 e. The Bertz CT molecular complexity index is 866. The molecule has 0 aliphatic rings. The molecule has 0 aliphatic carbocycles. The number of aliphatic hydroxyl groups excluding tert-OH is 1. The fourth-order valence-corrected chi connectivity index (χ4v) is 3.08. The molecular formula is C25H36O4. The zero-order valence-electron chi connectivity index (χ0n) is 19.1. The van der Waals surface area contributed by atoms with Crippen LogP contribution in [-0.2, 0) is 6.42 Å². The van der Waals surface area contributed by atoms with Gasteiger partial charge in [-0.1, -0.05) is 48.5 Å². The standard InChI is InChI=1S/C25H36O4/c1-9-18(4)23(26)19(5)15-17(3)12-10-11-16(2)13-14-22-20(6)24(27)21(7)25(28-8)29-22/h9-10,12-13,15,19,23,26H,11,14H2,1-8H3/b12-10-,16-13-,17-15+,18-9-/t19-,23-/m1/s1. The zero-order chi connectivity index (χ0) is 22.1. The summed E-state index contributed by atoms with van der Waals surface area (Å²) in [6, 6.07) is 0. The Kier molecular flexibility index (Phi) is 9.90. The van der Waals surface area contributed by atoms with E-state index in [9.17, 15) is 9.90 Å². The number of rotatable bonds is 9. The van der Waals surface area contributed by atoms with Gasteiger partial charge in [0.05, 0.1) is 18.8 Å². The molecule has 0 saturated carbocycles. The van der Waals surface area contributed by atoms with Crippen molar-refractivity contribution in [3.8, 4) is 5.95 Å². The predicted octanol–water partition coefficient (Wildman–Crippen LogP) is 5.61. The molecule has 160 valence electrons. The Morgan fingerprint density at radius 1 is 1.21 bits per heavy atom. The molecule has 1 rings (SSSR count). The van der Waals surface area contributed by atoms with Crippen LogP contribution in [0.2, 0.25) is 0 Å². The molecule has 4 heteroatoms. The summed E-state index contributed by atoms with van der Waals surface area (Å²) in [6.45, 7) is 13.5. The zero-order valence-corrected chi connectivity index (χ0v) is 19.1. The number of hydrogen-bond donors (Lipinski definition) is 1. The normalized spacial score (nSPS) is 15.7. The lowest BCUT2D eigenvalue weighted by Crippen LogP contribution is -2.17. The van der Waals surface area contributed by atoms with Gasteiger partial charge in [-0.25, -0.2) is 0 Å². The minimum Gasteiger partial charge on any atom is -0.468 e. The summed E-state index contributed by atoms with van der Waals surface area (Å²) in [7, 11) is 1.51. The summed E-state index contributed by atoms with van der Waals surface area (Å²) in [6.07, 6.45) is 11.2. The Hall–Kier alpha value is -2.33. The van der Waals surface area contributed by atoms with Crippen LogP contribution >= 0.6 is 0 Å². The second-order valence-corrected chi connectivity index (χ2v) is 7.70. The van der Waals surface area contributed by atoms with Crippen LogP contribution in [0.4, 0.5) is 0 Å². The maximum Gasteiger partial charge on any atom is 0.291 e. The van der Waals surface area contributed by atoms with Crippen molar-refractivity contribution >= 4 is 0 Å². The first-order chi connectivity index (χ1) is 13.6. The molecule has 1 N–H and O–H groups in total. The molecule has 0 spiro atoms. The fraction of sp³-hybridized carbons (Fsp3) is 0.480. The molecule has 0 aromatic carbocycles. The van der Waals surface area contributed by atoms with E-state index in [1.165, 1.54) is 12.7 Å². The van der Waals surface area contributed by atoms with Gasteiger partial charge in [0.2, 0.25) is 0 Å². The lowest BCUT2D eigenvalue weighted by Gasteiger charge is -2.16. The van der Waals surface area contributed by atoms with Gasteiger partial charge in [-0.2, -0.15) is 0 Å². The van der Waals surface area contributed by atoms with Crippen molar-refractivity contribution in [1.82, 2.24) is 0 Å². The molecule has 0 amide bonds. The van der Waals surface area contributed by atoms with E-state index in [-0.39, 0.29) is 17.3 Å². The highest BCUT2D eigenvalue weighted by Crippen LogP contribution is 2.20. The summed E-state index contributed by atoms with van der Waals surface area (Å²) in [5.74, 6) is 0.987. The Labute approximate surface area is 175 Å². The minimum absolute atomic E-state index is 0.0285. The van der Waals surface area contributed by atoms with Crippen LogP contribution in [0.3, 0.4) is 0 Å². The Morgan fingerprint density at radius 3 is 2.45 bits per heavy atom. The fourth-order valence-electron chi connectivity index (χ4n) is 3.08. The van der Waals surface area contributed by atoms with Crippen LogP contribution in [0.5, 0.6) is 5.95 Å². The lowest BCUT2D eigenvalue weighted by atomic mass is 9.96. The van der Waals surface area contributed by atoms with E-state index in [2.05, 4.69) is 31.2 Å². The number of allylic oxidation sites excluding steroid dienone is 6. The number of aliphatic hydroxyl groups is 1. The predicted molar refractivity (Wildman–Crippen MR) is 121 cm³/mol. The second kappa shape index (κ2) is 11.6. The van der Waals surface area contributed by atoms with Crippen molar-refractivity contribution in [3.63, 3.8) is 0 Å². The first-order valence-corrected chi connectivity index (χ1v) is 10.1. The molecule has 4 nitrogen and oxygen atoms in total. The van der Waals surface area contributed by atoms with E-state index in [1.54, 1.807) is 13.8 Å². The molecule has 1 aromatic heterocycles. The summed E-state index contributed by atoms with van der Waals surface area (Å²) in [5, 5.41) is 10.2. The maximum atomic E-state index is 12.3. The van der Waals surface area contributed by atoms with Gasteiger partial charge in [0.25, 0.3) is 5.95 Å². The average molecular weight is 401 g/mol. The molecule has 0 fully saturated rings. The van der Waals surface area contributed by atoms with E-state index in [0.29, 0.717) is 23.3 Å². The number of ether oxygens (including phenoxy) is 1. The van der Waals surface area contributed by atoms with E-state index >= 15 is 0 Å². The van der Waals surface area contributed by atoms with Crippen molar-refractivity contribution < 1.29 is 14.3 Å². The molecule has 29 heavy (non-hydrogen) atoms. The number of methoxy groups -OCH3 is 1. The van der Waals surface area contributed by atoms with Crippen molar-refractivity contribution in [2.75, 3.05) is 7.11 Å². The van der Waals surface area contributed by atoms with Crippen molar-refractivity contribution in [3.05, 3.63) is 74.2 Å². The van der Waals surface area contributed by atoms with Gasteiger partial charge in [0.1, 0.15) is 5.76 Å². The second-order valence-electron chi connectivity index (χ2n) is 7.70. The van der Waals surface area contributed by atoms with Gasteiger partial charge >= 0.3 is 0 Å². The van der Waals surface area contributed by atoms with Gasteiger partial charge in [0, 0.05) is 17.9 Å². The van der Waals surface area contributed by atoms with Crippen LogP contribution in [0, 0.1) is 19.8 Å². The molecule has 1 heterocycles. The van der Waals surface area contributed by atoms with Gasteiger partial charge in [0.15, 0.2) is 5.43 Å². The Balaban J connectivity index is 2.77. The van der Waals surface area contributed by atoms with Crippen LogP contribution in [0.25, 0.3) is 0 Å². The summed E-state index contributed by atoms with van der Waals surface area (Å²) in [4.78, 5) is 12.3. The first-order valence-electron chi connectivity index (χ1n) is 10.1. The maximum absolute atomic E-state index is 12.3. The molecule has 0 radical (unpaired) electrons. The number of hydrogen-bond acceptors (Lipinski definition) is 4. The summed E-state index contributed by atoms with van der Waals surface area (Å²) in [5.41, 5.74) is 4.40. The topological polar surface area (TPSA) is 59.7 Å². The van der Waals surface area contributed by atoms with Crippen LogP contribution < -0.4 is 10.2 Å². The van der Waals surface area contributed by atoms with Gasteiger partial charge in [-0.05, 0) is 53.5 Å². The highest BCUT2D eigenvalue weighted by Gasteiger charge is 2.14. The third kappa shape index (κ3) is 7.21. The van der Waals surface area contributed by atoms with Gasteiger partial charge in [-0.3, -0.25) is 4.79 Å². The molecule has 0 unspecified atom stereocenters. The SMILES string of the molecule is C/C=C(/C)[C@@H](O)[C@H](C)/C=C(C)/C=C\C/C(C)=C\Cc1oc(OC)c(C)c(=O)c1C. The average Bonchev–Trinajstić information content (AvgIpc) is 2.70. The molecular weight excluding hydrogens is 364 g/mol. The van der Waals surface area contributed by atoms with E-state index in [0.717, 1.165) is 17.6 Å². The van der Waals surface area contributed by atoms with Crippen LogP contribution in [-0.4, -0.2) is 18.3 Å². The van der Waals surface area contributed by atoms with E-state index in [4.69, 9.17) is 9.15 Å². The summed E-state index contributed by atoms with van der Waals surface area (Å²) < 4.78 is 10.9. The monoisotopic (exact) mass is 400 g/mol.